The SMILES string of the molecule is CCCCc1nnc(OCC2CN(C)CCO2)cc1-c1ccc(OC2CCCCC2)cc1.Cl.Cl. The lowest BCUT2D eigenvalue weighted by Gasteiger charge is -2.29. The molecule has 1 aliphatic heterocycles. The van der Waals surface area contributed by atoms with E-state index in [1.807, 2.05) is 6.07 Å². The van der Waals surface area contributed by atoms with E-state index < -0.39 is 0 Å². The smallest absolute Gasteiger partial charge is 0.234 e. The van der Waals surface area contributed by atoms with E-state index >= 15 is 0 Å². The molecule has 1 saturated heterocycles. The van der Waals surface area contributed by atoms with Gasteiger partial charge in [-0.1, -0.05) is 31.9 Å². The van der Waals surface area contributed by atoms with E-state index in [0.717, 1.165) is 61.5 Å². The third kappa shape index (κ3) is 8.26. The number of nitrogens with zero attached hydrogens (tertiary/aromatic N) is 3. The first-order valence-electron chi connectivity index (χ1n) is 12.3. The van der Waals surface area contributed by atoms with Crippen molar-refractivity contribution in [3.05, 3.63) is 36.0 Å². The molecule has 4 rings (SSSR count). The van der Waals surface area contributed by atoms with Gasteiger partial charge in [-0.3, -0.25) is 0 Å². The zero-order chi connectivity index (χ0) is 22.2. The maximum Gasteiger partial charge on any atom is 0.234 e. The summed E-state index contributed by atoms with van der Waals surface area (Å²) in [6.07, 6.45) is 9.77. The number of halogens is 2. The van der Waals surface area contributed by atoms with Gasteiger partial charge in [-0.05, 0) is 63.3 Å². The number of unbranched alkanes of at least 4 members (excludes halogenated alkanes) is 1. The van der Waals surface area contributed by atoms with Crippen LogP contribution in [0.3, 0.4) is 0 Å². The van der Waals surface area contributed by atoms with Crippen LogP contribution in [0.25, 0.3) is 11.1 Å². The second kappa shape index (κ2) is 14.7. The van der Waals surface area contributed by atoms with Gasteiger partial charge in [0.1, 0.15) is 18.5 Å². The van der Waals surface area contributed by atoms with Crippen LogP contribution < -0.4 is 9.47 Å². The highest BCUT2D eigenvalue weighted by atomic mass is 35.5. The molecular weight excluding hydrogens is 473 g/mol. The van der Waals surface area contributed by atoms with Gasteiger partial charge in [0.2, 0.25) is 5.88 Å². The maximum absolute atomic E-state index is 6.21. The standard InChI is InChI=1S/C26H37N3O3.2ClH/c1-3-4-10-25-24(17-26(28-27-25)31-19-23-18-29(2)15-16-30-23)20-11-13-22(14-12-20)32-21-8-6-5-7-9-21;;/h11-14,17,21,23H,3-10,15-16,18-19H2,1-2H3;2*1H. The Kier molecular flexibility index (Phi) is 12.4. The molecule has 2 fully saturated rings. The Balaban J connectivity index is 0.00000204. The Morgan fingerprint density at radius 3 is 2.53 bits per heavy atom. The summed E-state index contributed by atoms with van der Waals surface area (Å²) in [5.74, 6) is 1.51. The third-order valence-corrected chi connectivity index (χ3v) is 6.39. The van der Waals surface area contributed by atoms with Gasteiger partial charge in [0.05, 0.1) is 18.4 Å². The molecule has 6 nitrogen and oxygen atoms in total. The fourth-order valence-corrected chi connectivity index (χ4v) is 4.48. The summed E-state index contributed by atoms with van der Waals surface area (Å²) in [5.41, 5.74) is 3.24. The summed E-state index contributed by atoms with van der Waals surface area (Å²) in [5, 5.41) is 8.88. The number of hydrogen-bond acceptors (Lipinski definition) is 6. The number of hydrogen-bond donors (Lipinski definition) is 0. The molecule has 0 bridgehead atoms. The van der Waals surface area contributed by atoms with Crippen LogP contribution in [0.2, 0.25) is 0 Å². The number of aromatic nitrogens is 2. The highest BCUT2D eigenvalue weighted by molar-refractivity contribution is 5.85. The van der Waals surface area contributed by atoms with Crippen molar-refractivity contribution in [3.8, 4) is 22.8 Å². The molecule has 190 valence electrons. The largest absolute Gasteiger partial charge is 0.490 e. The molecule has 1 aromatic heterocycles. The fourth-order valence-electron chi connectivity index (χ4n) is 4.48. The van der Waals surface area contributed by atoms with Crippen molar-refractivity contribution in [2.75, 3.05) is 33.4 Å². The summed E-state index contributed by atoms with van der Waals surface area (Å²) in [6.45, 7) is 5.27. The van der Waals surface area contributed by atoms with Crippen molar-refractivity contribution in [2.24, 2.45) is 0 Å². The Bertz CT molecular complexity index is 848. The molecule has 2 aliphatic rings. The molecule has 1 aromatic carbocycles. The zero-order valence-corrected chi connectivity index (χ0v) is 22.0. The molecule has 0 radical (unpaired) electrons. The van der Waals surface area contributed by atoms with E-state index in [2.05, 4.69) is 53.3 Å². The van der Waals surface area contributed by atoms with Gasteiger partial charge in [0, 0.05) is 24.7 Å². The van der Waals surface area contributed by atoms with Crippen LogP contribution in [-0.4, -0.2) is 60.7 Å². The van der Waals surface area contributed by atoms with Crippen molar-refractivity contribution in [2.45, 2.75) is 70.5 Å². The van der Waals surface area contributed by atoms with Crippen LogP contribution >= 0.6 is 24.8 Å². The van der Waals surface area contributed by atoms with E-state index in [1.165, 1.54) is 32.1 Å². The van der Waals surface area contributed by atoms with Crippen LogP contribution in [0.5, 0.6) is 11.6 Å². The van der Waals surface area contributed by atoms with E-state index in [1.54, 1.807) is 0 Å². The maximum atomic E-state index is 6.21. The molecule has 1 aliphatic carbocycles. The van der Waals surface area contributed by atoms with Crippen LogP contribution in [0.1, 0.15) is 57.6 Å². The van der Waals surface area contributed by atoms with E-state index in [9.17, 15) is 0 Å². The lowest BCUT2D eigenvalue weighted by Crippen LogP contribution is -2.42. The Hall–Kier alpha value is -1.60. The highest BCUT2D eigenvalue weighted by Gasteiger charge is 2.19. The van der Waals surface area contributed by atoms with Crippen molar-refractivity contribution in [1.82, 2.24) is 15.1 Å². The number of benzene rings is 1. The number of likely N-dealkylation sites (N-methyl/N-ethyl adjacent to an activating group) is 1. The molecular formula is C26H39Cl2N3O3. The number of rotatable bonds is 9. The number of morpholine rings is 1. The van der Waals surface area contributed by atoms with Crippen molar-refractivity contribution in [1.29, 1.82) is 0 Å². The fraction of sp³-hybridized carbons (Fsp3) is 0.615. The van der Waals surface area contributed by atoms with Crippen LogP contribution in [-0.2, 0) is 11.2 Å². The predicted octanol–water partition coefficient (Wildman–Crippen LogP) is 5.75. The summed E-state index contributed by atoms with van der Waals surface area (Å²) in [6, 6.07) is 10.5. The van der Waals surface area contributed by atoms with Gasteiger partial charge in [0.25, 0.3) is 0 Å². The van der Waals surface area contributed by atoms with Gasteiger partial charge in [-0.2, -0.15) is 5.10 Å². The summed E-state index contributed by atoms with van der Waals surface area (Å²) in [7, 11) is 2.11. The van der Waals surface area contributed by atoms with E-state index in [-0.39, 0.29) is 30.9 Å². The lowest BCUT2D eigenvalue weighted by atomic mass is 9.97. The second-order valence-electron chi connectivity index (χ2n) is 9.11. The summed E-state index contributed by atoms with van der Waals surface area (Å²) >= 11 is 0. The Labute approximate surface area is 216 Å². The normalized spacial score (nSPS) is 19.1. The molecule has 8 heteroatoms. The molecule has 1 atom stereocenters. The minimum atomic E-state index is 0. The summed E-state index contributed by atoms with van der Waals surface area (Å²) < 4.78 is 18.0. The average molecular weight is 513 g/mol. The molecule has 2 heterocycles. The monoisotopic (exact) mass is 511 g/mol. The Morgan fingerprint density at radius 1 is 1.06 bits per heavy atom. The Morgan fingerprint density at radius 2 is 1.82 bits per heavy atom. The zero-order valence-electron chi connectivity index (χ0n) is 20.4. The summed E-state index contributed by atoms with van der Waals surface area (Å²) in [4.78, 5) is 2.26. The van der Waals surface area contributed by atoms with Gasteiger partial charge in [-0.25, -0.2) is 0 Å². The molecule has 0 N–H and O–H groups in total. The molecule has 0 amide bonds. The first-order chi connectivity index (χ1) is 15.7. The van der Waals surface area contributed by atoms with Crippen LogP contribution in [0.15, 0.2) is 30.3 Å². The molecule has 1 unspecified atom stereocenters. The first-order valence-corrected chi connectivity index (χ1v) is 12.3. The first kappa shape index (κ1) is 28.6. The van der Waals surface area contributed by atoms with Crippen LogP contribution in [0, 0.1) is 0 Å². The van der Waals surface area contributed by atoms with E-state index in [0.29, 0.717) is 18.6 Å². The molecule has 34 heavy (non-hydrogen) atoms. The van der Waals surface area contributed by atoms with Gasteiger partial charge in [0.15, 0.2) is 0 Å². The molecule has 0 spiro atoms. The van der Waals surface area contributed by atoms with E-state index in [4.69, 9.17) is 14.2 Å². The number of aryl methyl sites for hydroxylation is 1. The molecule has 2 aromatic rings. The van der Waals surface area contributed by atoms with Crippen molar-refractivity contribution >= 4 is 24.8 Å². The van der Waals surface area contributed by atoms with Gasteiger partial charge >= 0.3 is 0 Å². The minimum absolute atomic E-state index is 0. The average Bonchev–Trinajstić information content (AvgIpc) is 2.83. The van der Waals surface area contributed by atoms with Crippen molar-refractivity contribution in [3.63, 3.8) is 0 Å². The van der Waals surface area contributed by atoms with Crippen LogP contribution in [0.4, 0.5) is 0 Å². The van der Waals surface area contributed by atoms with Gasteiger partial charge < -0.3 is 19.1 Å². The molecule has 1 saturated carbocycles. The quantitative estimate of drug-likeness (QED) is 0.427. The minimum Gasteiger partial charge on any atom is -0.490 e. The number of ether oxygens (including phenoxy) is 3. The predicted molar refractivity (Wildman–Crippen MR) is 141 cm³/mol. The second-order valence-corrected chi connectivity index (χ2v) is 9.11. The van der Waals surface area contributed by atoms with Gasteiger partial charge in [-0.15, -0.1) is 29.9 Å². The topological polar surface area (TPSA) is 56.7 Å². The lowest BCUT2D eigenvalue weighted by molar-refractivity contribution is -0.0411. The highest BCUT2D eigenvalue weighted by Crippen LogP contribution is 2.30. The van der Waals surface area contributed by atoms with Crippen molar-refractivity contribution < 1.29 is 14.2 Å². The third-order valence-electron chi connectivity index (χ3n) is 6.39.